The number of pyridine rings is 1. The fourth-order valence-electron chi connectivity index (χ4n) is 5.36. The van der Waals surface area contributed by atoms with E-state index in [-0.39, 0.29) is 11.4 Å². The zero-order valence-electron chi connectivity index (χ0n) is 18.1. The van der Waals surface area contributed by atoms with Crippen molar-refractivity contribution in [3.8, 4) is 11.1 Å². The van der Waals surface area contributed by atoms with Gasteiger partial charge in [0.2, 0.25) is 0 Å². The highest BCUT2D eigenvalue weighted by atomic mass is 19.1. The molecule has 0 radical (unpaired) electrons. The quantitative estimate of drug-likeness (QED) is 0.706. The van der Waals surface area contributed by atoms with Crippen molar-refractivity contribution in [2.24, 2.45) is 5.92 Å². The summed E-state index contributed by atoms with van der Waals surface area (Å²) in [7, 11) is 4.03. The third-order valence-corrected chi connectivity index (χ3v) is 6.86. The average Bonchev–Trinajstić information content (AvgIpc) is 2.76. The number of piperidine rings is 1. The van der Waals surface area contributed by atoms with E-state index in [4.69, 9.17) is 0 Å². The maximum absolute atomic E-state index is 13.4. The highest BCUT2D eigenvalue weighted by Crippen LogP contribution is 2.32. The Kier molecular flexibility index (Phi) is 5.14. The lowest BCUT2D eigenvalue weighted by Crippen LogP contribution is -3.13. The average molecular weight is 419 g/mol. The summed E-state index contributed by atoms with van der Waals surface area (Å²) in [6, 6.07) is 19.2. The van der Waals surface area contributed by atoms with Crippen LogP contribution >= 0.6 is 0 Å². The van der Waals surface area contributed by atoms with Gasteiger partial charge in [-0.05, 0) is 48.4 Å². The van der Waals surface area contributed by atoms with Crippen molar-refractivity contribution >= 4 is 5.69 Å². The molecule has 1 N–H and O–H groups in total. The lowest BCUT2D eigenvalue weighted by molar-refractivity contribution is -0.924. The summed E-state index contributed by atoms with van der Waals surface area (Å²) in [5.74, 6) is 0.723. The van der Waals surface area contributed by atoms with Gasteiger partial charge in [-0.3, -0.25) is 4.79 Å². The van der Waals surface area contributed by atoms with Crippen LogP contribution in [0.1, 0.15) is 23.6 Å². The summed E-state index contributed by atoms with van der Waals surface area (Å²) in [5, 5.41) is 0. The number of hydrogen-bond acceptors (Lipinski definition) is 2. The monoisotopic (exact) mass is 418 g/mol. The summed E-state index contributed by atoms with van der Waals surface area (Å²) in [4.78, 5) is 17.0. The van der Waals surface area contributed by atoms with Crippen LogP contribution in [-0.4, -0.2) is 31.8 Å². The summed E-state index contributed by atoms with van der Waals surface area (Å²) in [6.45, 7) is 3.78. The maximum atomic E-state index is 13.4. The molecule has 5 heteroatoms. The minimum absolute atomic E-state index is 0.131. The van der Waals surface area contributed by atoms with E-state index in [1.165, 1.54) is 16.2 Å². The zero-order chi connectivity index (χ0) is 21.5. The van der Waals surface area contributed by atoms with Crippen molar-refractivity contribution in [2.45, 2.75) is 25.4 Å². The van der Waals surface area contributed by atoms with Crippen LogP contribution in [-0.2, 0) is 13.1 Å². The summed E-state index contributed by atoms with van der Waals surface area (Å²) in [5.41, 5.74) is 5.36. The van der Waals surface area contributed by atoms with Crippen molar-refractivity contribution in [1.82, 2.24) is 4.57 Å². The lowest BCUT2D eigenvalue weighted by Gasteiger charge is -2.40. The molecule has 2 aromatic carbocycles. The number of benzene rings is 2. The fourth-order valence-corrected chi connectivity index (χ4v) is 5.36. The Morgan fingerprint density at radius 1 is 1.00 bits per heavy atom. The molecule has 4 nitrogen and oxygen atoms in total. The standard InChI is InChI=1S/C26H28FN3O/c1-28(2)23-9-5-20(6-10-23)24-11-12-25-21-13-19(16-30(25)26(24)31)15-29(17-21)14-18-3-7-22(27)8-4-18/h3-12,19,21H,13-17H2,1-2H3/p+1/t19-,21+/m0/s1. The van der Waals surface area contributed by atoms with Gasteiger partial charge < -0.3 is 14.4 Å². The van der Waals surface area contributed by atoms with Gasteiger partial charge in [-0.25, -0.2) is 4.39 Å². The van der Waals surface area contributed by atoms with Crippen LogP contribution < -0.4 is 15.4 Å². The van der Waals surface area contributed by atoms with Crippen LogP contribution in [0.15, 0.2) is 65.5 Å². The van der Waals surface area contributed by atoms with Gasteiger partial charge in [0.25, 0.3) is 5.56 Å². The second-order valence-corrected chi connectivity index (χ2v) is 9.29. The van der Waals surface area contributed by atoms with Crippen LogP contribution in [0.2, 0.25) is 0 Å². The molecule has 0 amide bonds. The number of nitrogens with one attached hydrogen (secondary N) is 1. The number of likely N-dealkylation sites (tertiary alicyclic amines) is 1. The van der Waals surface area contributed by atoms with Crippen LogP contribution in [0.4, 0.5) is 10.1 Å². The fraction of sp³-hybridized carbons (Fsp3) is 0.346. The van der Waals surface area contributed by atoms with Crippen LogP contribution in [0.25, 0.3) is 11.1 Å². The third-order valence-electron chi connectivity index (χ3n) is 6.86. The number of hydrogen-bond donors (Lipinski definition) is 1. The molecule has 1 unspecified atom stereocenters. The molecule has 160 valence electrons. The number of anilines is 1. The lowest BCUT2D eigenvalue weighted by atomic mass is 9.82. The Hall–Kier alpha value is -2.92. The maximum Gasteiger partial charge on any atom is 0.258 e. The van der Waals surface area contributed by atoms with E-state index in [2.05, 4.69) is 23.1 Å². The number of quaternary nitrogens is 1. The second-order valence-electron chi connectivity index (χ2n) is 9.29. The Balaban J connectivity index is 1.40. The Bertz CT molecular complexity index is 1130. The smallest absolute Gasteiger partial charge is 0.258 e. The van der Waals surface area contributed by atoms with Crippen molar-refractivity contribution in [3.63, 3.8) is 0 Å². The molecule has 1 fully saturated rings. The molecule has 1 saturated heterocycles. The highest BCUT2D eigenvalue weighted by molar-refractivity contribution is 5.65. The first kappa shape index (κ1) is 20.0. The Morgan fingerprint density at radius 2 is 1.74 bits per heavy atom. The molecule has 3 atom stereocenters. The number of rotatable bonds is 4. The molecular weight excluding hydrogens is 389 g/mol. The van der Waals surface area contributed by atoms with E-state index < -0.39 is 0 Å². The minimum Gasteiger partial charge on any atom is -0.378 e. The van der Waals surface area contributed by atoms with Gasteiger partial charge in [-0.15, -0.1) is 0 Å². The van der Waals surface area contributed by atoms with Gasteiger partial charge in [-0.1, -0.05) is 24.3 Å². The topological polar surface area (TPSA) is 29.7 Å². The number of halogens is 1. The molecule has 5 rings (SSSR count). The van der Waals surface area contributed by atoms with Gasteiger partial charge in [-0.2, -0.15) is 0 Å². The largest absolute Gasteiger partial charge is 0.378 e. The van der Waals surface area contributed by atoms with E-state index >= 15 is 0 Å². The second kappa shape index (κ2) is 7.97. The number of fused-ring (bicyclic) bond motifs is 4. The molecule has 31 heavy (non-hydrogen) atoms. The van der Waals surface area contributed by atoms with E-state index in [1.54, 1.807) is 12.1 Å². The molecular formula is C26H29FN3O+. The molecule has 1 aromatic heterocycles. The molecule has 3 aromatic rings. The van der Waals surface area contributed by atoms with E-state index in [0.29, 0.717) is 11.8 Å². The van der Waals surface area contributed by atoms with Crippen LogP contribution in [0.5, 0.6) is 0 Å². The first-order valence-electron chi connectivity index (χ1n) is 11.1. The predicted molar refractivity (Wildman–Crippen MR) is 122 cm³/mol. The molecule has 3 heterocycles. The van der Waals surface area contributed by atoms with E-state index in [0.717, 1.165) is 49.4 Å². The van der Waals surface area contributed by atoms with Crippen LogP contribution in [0, 0.1) is 11.7 Å². The normalized spacial score (nSPS) is 22.1. The van der Waals surface area contributed by atoms with Gasteiger partial charge in [0.05, 0.1) is 13.1 Å². The van der Waals surface area contributed by atoms with Crippen molar-refractivity contribution in [3.05, 3.63) is 88.1 Å². The summed E-state index contributed by atoms with van der Waals surface area (Å²) >= 11 is 0. The third kappa shape index (κ3) is 3.90. The molecule has 0 spiro atoms. The van der Waals surface area contributed by atoms with Crippen LogP contribution in [0.3, 0.4) is 0 Å². The first-order valence-corrected chi connectivity index (χ1v) is 11.1. The predicted octanol–water partition coefficient (Wildman–Crippen LogP) is 2.92. The van der Waals surface area contributed by atoms with Gasteiger partial charge in [0.15, 0.2) is 0 Å². The van der Waals surface area contributed by atoms with Crippen molar-refractivity contribution in [2.75, 3.05) is 32.1 Å². The van der Waals surface area contributed by atoms with E-state index in [9.17, 15) is 9.18 Å². The minimum atomic E-state index is -0.185. The zero-order valence-corrected chi connectivity index (χ0v) is 18.1. The van der Waals surface area contributed by atoms with E-state index in [1.807, 2.05) is 49.0 Å². The molecule has 0 aliphatic carbocycles. The van der Waals surface area contributed by atoms with Gasteiger partial charge in [0.1, 0.15) is 12.4 Å². The highest BCUT2D eigenvalue weighted by Gasteiger charge is 2.37. The molecule has 2 aliphatic rings. The van der Waals surface area contributed by atoms with Gasteiger partial charge >= 0.3 is 0 Å². The summed E-state index contributed by atoms with van der Waals surface area (Å²) < 4.78 is 15.3. The molecule has 2 bridgehead atoms. The molecule has 0 saturated carbocycles. The van der Waals surface area contributed by atoms with Gasteiger partial charge in [0, 0.05) is 55.0 Å². The van der Waals surface area contributed by atoms with Crippen molar-refractivity contribution < 1.29 is 9.29 Å². The SMILES string of the molecule is CN(C)c1ccc(-c2ccc3n(c2=O)C[C@H]2C[C@@H]3C[NH+](Cc3ccc(F)cc3)C2)cc1. The first-order chi connectivity index (χ1) is 15.0. The molecule has 2 aliphatic heterocycles. The number of nitrogens with zero attached hydrogens (tertiary/aromatic N) is 2. The summed E-state index contributed by atoms with van der Waals surface area (Å²) in [6.07, 6.45) is 1.16. The number of aromatic nitrogens is 1. The van der Waals surface area contributed by atoms with Crippen molar-refractivity contribution in [1.29, 1.82) is 0 Å². The Labute approximate surface area is 182 Å². The Morgan fingerprint density at radius 3 is 2.45 bits per heavy atom.